The van der Waals surface area contributed by atoms with Crippen molar-refractivity contribution < 1.29 is 18.3 Å². The molecule has 8 nitrogen and oxygen atoms in total. The largest absolute Gasteiger partial charge is 0.454 e. The van der Waals surface area contributed by atoms with Gasteiger partial charge in [0, 0.05) is 24.7 Å². The van der Waals surface area contributed by atoms with Gasteiger partial charge in [0.25, 0.3) is 11.5 Å². The number of hydrogen-bond donors (Lipinski definition) is 1. The third-order valence-corrected chi connectivity index (χ3v) is 6.26. The van der Waals surface area contributed by atoms with Gasteiger partial charge in [0.15, 0.2) is 5.75 Å². The van der Waals surface area contributed by atoms with Gasteiger partial charge in [0.2, 0.25) is 0 Å². The van der Waals surface area contributed by atoms with Crippen LogP contribution in [0.3, 0.4) is 0 Å². The fourth-order valence-electron chi connectivity index (χ4n) is 4.07. The number of benzene rings is 3. The van der Waals surface area contributed by atoms with Gasteiger partial charge in [-0.1, -0.05) is 23.2 Å². The maximum atomic E-state index is 13.5. The van der Waals surface area contributed by atoms with E-state index in [0.717, 1.165) is 22.5 Å². The van der Waals surface area contributed by atoms with Crippen molar-refractivity contribution in [3.8, 4) is 17.2 Å². The molecule has 0 aliphatic carbocycles. The molecule has 1 aromatic heterocycles. The second-order valence-electron chi connectivity index (χ2n) is 8.26. The minimum atomic E-state index is -0.760. The maximum absolute atomic E-state index is 13.5. The number of aromatic amines is 1. The van der Waals surface area contributed by atoms with Crippen LogP contribution < -0.4 is 16.0 Å². The number of nitrogens with one attached hydrogen (secondary N) is 1. The summed E-state index contributed by atoms with van der Waals surface area (Å²) < 4.78 is 33.9. The standard InChI is InChI=1S/C25H16Cl2F2N4O4/c26-20-9-17(33-25(36)31-22(34)11-30-33)10-21(27)23(20)37-18-1-2-19-14(7-18)3-4-32(24(19)35)12-13-5-15(28)8-16(29)6-13/h1-2,5-11H,3-4,12H2,(H,31,34,36). The Kier molecular flexibility index (Phi) is 6.53. The summed E-state index contributed by atoms with van der Waals surface area (Å²) in [5.74, 6) is -1.16. The van der Waals surface area contributed by atoms with E-state index in [2.05, 4.69) is 10.1 Å². The Balaban J connectivity index is 1.36. The Morgan fingerprint density at radius 2 is 1.68 bits per heavy atom. The predicted molar refractivity (Wildman–Crippen MR) is 132 cm³/mol. The first-order valence-corrected chi connectivity index (χ1v) is 11.7. The third kappa shape index (κ3) is 5.11. The highest BCUT2D eigenvalue weighted by Gasteiger charge is 2.25. The zero-order valence-electron chi connectivity index (χ0n) is 18.8. The summed E-state index contributed by atoms with van der Waals surface area (Å²) in [6.45, 7) is 0.431. The molecule has 5 rings (SSSR count). The van der Waals surface area contributed by atoms with Crippen LogP contribution >= 0.6 is 23.2 Å². The van der Waals surface area contributed by atoms with Gasteiger partial charge >= 0.3 is 5.69 Å². The Labute approximate surface area is 217 Å². The van der Waals surface area contributed by atoms with E-state index in [9.17, 15) is 23.2 Å². The molecule has 0 spiro atoms. The lowest BCUT2D eigenvalue weighted by Crippen LogP contribution is -2.37. The predicted octanol–water partition coefficient (Wildman–Crippen LogP) is 4.50. The zero-order chi connectivity index (χ0) is 26.3. The van der Waals surface area contributed by atoms with E-state index in [0.29, 0.717) is 29.8 Å². The number of amides is 1. The molecule has 4 aromatic rings. The Morgan fingerprint density at radius 1 is 0.973 bits per heavy atom. The topological polar surface area (TPSA) is 97.3 Å². The van der Waals surface area contributed by atoms with E-state index in [1.54, 1.807) is 18.2 Å². The minimum Gasteiger partial charge on any atom is -0.454 e. The Bertz CT molecular complexity index is 1630. The molecule has 0 atom stereocenters. The monoisotopic (exact) mass is 544 g/mol. The number of carbonyl (C=O) groups excluding carboxylic acids is 1. The van der Waals surface area contributed by atoms with Gasteiger partial charge < -0.3 is 9.64 Å². The van der Waals surface area contributed by atoms with Crippen molar-refractivity contribution in [3.05, 3.63) is 114 Å². The molecule has 0 radical (unpaired) electrons. The minimum absolute atomic E-state index is 0.0794. The van der Waals surface area contributed by atoms with E-state index in [1.807, 2.05) is 0 Å². The Morgan fingerprint density at radius 3 is 2.35 bits per heavy atom. The molecule has 12 heteroatoms. The molecule has 1 aliphatic heterocycles. The first-order chi connectivity index (χ1) is 17.7. The first kappa shape index (κ1) is 24.7. The van der Waals surface area contributed by atoms with Crippen LogP contribution in [0.25, 0.3) is 5.69 Å². The van der Waals surface area contributed by atoms with Crippen LogP contribution in [-0.2, 0) is 13.0 Å². The number of ether oxygens (including phenoxy) is 1. The highest BCUT2D eigenvalue weighted by atomic mass is 35.5. The highest BCUT2D eigenvalue weighted by Crippen LogP contribution is 2.39. The van der Waals surface area contributed by atoms with Crippen LogP contribution in [0.15, 0.2) is 64.3 Å². The SMILES string of the molecule is O=C1c2ccc(Oc3c(Cl)cc(-n4ncc(=O)[nH]c4=O)cc3Cl)cc2CCN1Cc1cc(F)cc(F)c1. The van der Waals surface area contributed by atoms with Crippen molar-refractivity contribution in [2.75, 3.05) is 6.54 Å². The molecule has 2 heterocycles. The number of nitrogens with zero attached hydrogens (tertiary/aromatic N) is 3. The molecule has 0 fully saturated rings. The molecule has 0 unspecified atom stereocenters. The van der Waals surface area contributed by atoms with Crippen molar-refractivity contribution in [2.45, 2.75) is 13.0 Å². The molecule has 1 aliphatic rings. The van der Waals surface area contributed by atoms with Crippen LogP contribution in [-0.4, -0.2) is 32.1 Å². The van der Waals surface area contributed by atoms with Crippen molar-refractivity contribution in [3.63, 3.8) is 0 Å². The normalized spacial score (nSPS) is 13.0. The zero-order valence-corrected chi connectivity index (χ0v) is 20.3. The summed E-state index contributed by atoms with van der Waals surface area (Å²) in [4.78, 5) is 39.9. The number of H-pyrrole nitrogens is 1. The lowest BCUT2D eigenvalue weighted by Gasteiger charge is -2.29. The Hall–Kier alpha value is -4.02. The van der Waals surface area contributed by atoms with Gasteiger partial charge in [0.1, 0.15) is 23.6 Å². The van der Waals surface area contributed by atoms with Crippen molar-refractivity contribution >= 4 is 29.1 Å². The summed E-state index contributed by atoms with van der Waals surface area (Å²) in [6.07, 6.45) is 1.44. The molecule has 0 saturated carbocycles. The van der Waals surface area contributed by atoms with E-state index in [1.165, 1.54) is 29.2 Å². The van der Waals surface area contributed by atoms with E-state index in [-0.39, 0.29) is 33.9 Å². The van der Waals surface area contributed by atoms with Crippen molar-refractivity contribution in [1.29, 1.82) is 0 Å². The summed E-state index contributed by atoms with van der Waals surface area (Å²) in [7, 11) is 0. The van der Waals surface area contributed by atoms with Crippen LogP contribution in [0, 0.1) is 11.6 Å². The van der Waals surface area contributed by atoms with Gasteiger partial charge in [-0.05, 0) is 60.0 Å². The van der Waals surface area contributed by atoms with E-state index >= 15 is 0 Å². The number of rotatable bonds is 5. The van der Waals surface area contributed by atoms with E-state index < -0.39 is 22.9 Å². The summed E-state index contributed by atoms with van der Waals surface area (Å²) in [5.41, 5.74) is 0.363. The second kappa shape index (κ2) is 9.79. The number of aromatic nitrogens is 3. The maximum Gasteiger partial charge on any atom is 0.349 e. The van der Waals surface area contributed by atoms with Crippen LogP contribution in [0.4, 0.5) is 8.78 Å². The number of halogens is 4. The van der Waals surface area contributed by atoms with Crippen LogP contribution in [0.2, 0.25) is 10.0 Å². The molecular formula is C25H16Cl2F2N4O4. The molecule has 1 N–H and O–H groups in total. The number of fused-ring (bicyclic) bond motifs is 1. The number of carbonyl (C=O) groups is 1. The fraction of sp³-hybridized carbons (Fsp3) is 0.120. The molecular weight excluding hydrogens is 529 g/mol. The van der Waals surface area contributed by atoms with Crippen LogP contribution in [0.5, 0.6) is 11.5 Å². The molecule has 1 amide bonds. The lowest BCUT2D eigenvalue weighted by atomic mass is 9.98. The molecule has 188 valence electrons. The lowest BCUT2D eigenvalue weighted by molar-refractivity contribution is 0.0726. The van der Waals surface area contributed by atoms with Gasteiger partial charge in [-0.2, -0.15) is 9.78 Å². The fourth-order valence-corrected chi connectivity index (χ4v) is 4.62. The van der Waals surface area contributed by atoms with Crippen LogP contribution in [0.1, 0.15) is 21.5 Å². The first-order valence-electron chi connectivity index (χ1n) is 10.9. The van der Waals surface area contributed by atoms with Gasteiger partial charge in [-0.15, -0.1) is 0 Å². The highest BCUT2D eigenvalue weighted by molar-refractivity contribution is 6.37. The number of hydrogen-bond acceptors (Lipinski definition) is 5. The molecule has 0 bridgehead atoms. The van der Waals surface area contributed by atoms with Crippen molar-refractivity contribution in [1.82, 2.24) is 19.7 Å². The summed E-state index contributed by atoms with van der Waals surface area (Å²) in [5, 5.41) is 3.94. The quantitative estimate of drug-likeness (QED) is 0.399. The average Bonchev–Trinajstić information content (AvgIpc) is 2.82. The van der Waals surface area contributed by atoms with E-state index in [4.69, 9.17) is 27.9 Å². The van der Waals surface area contributed by atoms with Crippen molar-refractivity contribution in [2.24, 2.45) is 0 Å². The van der Waals surface area contributed by atoms with Gasteiger partial charge in [-0.25, -0.2) is 13.6 Å². The molecule has 0 saturated heterocycles. The average molecular weight is 545 g/mol. The third-order valence-electron chi connectivity index (χ3n) is 5.70. The summed E-state index contributed by atoms with van der Waals surface area (Å²) in [6, 6.07) is 10.9. The second-order valence-corrected chi connectivity index (χ2v) is 9.08. The van der Waals surface area contributed by atoms with Gasteiger partial charge in [0.05, 0.1) is 15.7 Å². The van der Waals surface area contributed by atoms with Gasteiger partial charge in [-0.3, -0.25) is 14.6 Å². The molecule has 3 aromatic carbocycles. The molecule has 37 heavy (non-hydrogen) atoms. The summed E-state index contributed by atoms with van der Waals surface area (Å²) >= 11 is 12.7. The smallest absolute Gasteiger partial charge is 0.349 e.